The molecule has 8 nitrogen and oxygen atoms in total. The minimum Gasteiger partial charge on any atom is -0.456 e. The van der Waals surface area contributed by atoms with Gasteiger partial charge in [-0.15, -0.1) is 11.8 Å². The topological polar surface area (TPSA) is 109 Å². The molecule has 190 valence electrons. The van der Waals surface area contributed by atoms with E-state index in [2.05, 4.69) is 28.3 Å². The van der Waals surface area contributed by atoms with Crippen molar-refractivity contribution in [3.8, 4) is 0 Å². The number of hydrogen-bond donors (Lipinski definition) is 3. The first kappa shape index (κ1) is 26.2. The number of amides is 2. The Morgan fingerprint density at radius 2 is 2.06 bits per heavy atom. The third-order valence-corrected chi connectivity index (χ3v) is 7.56. The fourth-order valence-corrected chi connectivity index (χ4v) is 5.29. The summed E-state index contributed by atoms with van der Waals surface area (Å²) in [6.07, 6.45) is 6.23. The zero-order valence-electron chi connectivity index (χ0n) is 20.1. The van der Waals surface area contributed by atoms with Crippen molar-refractivity contribution >= 4 is 52.9 Å². The van der Waals surface area contributed by atoms with Gasteiger partial charge in [0.1, 0.15) is 22.7 Å². The van der Waals surface area contributed by atoms with Crippen LogP contribution in [-0.4, -0.2) is 64.3 Å². The molecule has 36 heavy (non-hydrogen) atoms. The van der Waals surface area contributed by atoms with E-state index in [1.807, 2.05) is 42.5 Å². The summed E-state index contributed by atoms with van der Waals surface area (Å²) < 4.78 is 5.77. The van der Waals surface area contributed by atoms with Crippen LogP contribution in [0, 0.1) is 0 Å². The van der Waals surface area contributed by atoms with Crippen molar-refractivity contribution in [2.45, 2.75) is 50.3 Å². The second kappa shape index (κ2) is 11.9. The summed E-state index contributed by atoms with van der Waals surface area (Å²) in [6, 6.07) is 8.48. The molecule has 3 aliphatic heterocycles. The summed E-state index contributed by atoms with van der Waals surface area (Å²) in [5.41, 5.74) is 1.38. The van der Waals surface area contributed by atoms with Gasteiger partial charge in [-0.2, -0.15) is 12.6 Å². The van der Waals surface area contributed by atoms with E-state index in [0.29, 0.717) is 35.9 Å². The van der Waals surface area contributed by atoms with Crippen LogP contribution in [0.1, 0.15) is 31.7 Å². The molecule has 0 aromatic heterocycles. The highest BCUT2D eigenvalue weighted by atomic mass is 32.2. The Hall–Kier alpha value is -2.85. The zero-order valence-corrected chi connectivity index (χ0v) is 21.8. The Morgan fingerprint density at radius 3 is 2.83 bits per heavy atom. The molecule has 0 aliphatic carbocycles. The lowest BCUT2D eigenvalue weighted by atomic mass is 10.0. The molecule has 0 saturated heterocycles. The Labute approximate surface area is 220 Å². The molecule has 10 heteroatoms. The van der Waals surface area contributed by atoms with Gasteiger partial charge in [0.25, 0.3) is 0 Å². The molecular formula is C26H30N4O4S2. The number of cyclic esters (lactones) is 1. The highest BCUT2D eigenvalue weighted by molar-refractivity contribution is 8.14. The Morgan fingerprint density at radius 1 is 1.25 bits per heavy atom. The Bertz CT molecular complexity index is 1130. The first-order chi connectivity index (χ1) is 17.4. The van der Waals surface area contributed by atoms with Gasteiger partial charge in [-0.1, -0.05) is 42.5 Å². The van der Waals surface area contributed by atoms with Gasteiger partial charge in [-0.05, 0) is 30.7 Å². The van der Waals surface area contributed by atoms with E-state index in [1.54, 1.807) is 13.0 Å². The van der Waals surface area contributed by atoms with E-state index in [-0.39, 0.29) is 24.7 Å². The number of allylic oxidation sites excluding steroid dienone is 2. The number of fused-ring (bicyclic) bond motifs is 3. The van der Waals surface area contributed by atoms with Gasteiger partial charge in [0.15, 0.2) is 0 Å². The third kappa shape index (κ3) is 6.67. The first-order valence-electron chi connectivity index (χ1n) is 12.0. The molecule has 3 aliphatic rings. The minimum absolute atomic E-state index is 0.0331. The van der Waals surface area contributed by atoms with E-state index in [9.17, 15) is 14.4 Å². The molecule has 4 rings (SSSR count). The number of carbonyl (C=O) groups is 3. The zero-order chi connectivity index (χ0) is 25.5. The van der Waals surface area contributed by atoms with E-state index < -0.39 is 23.7 Å². The molecule has 3 atom stereocenters. The van der Waals surface area contributed by atoms with Gasteiger partial charge in [-0.25, -0.2) is 4.79 Å². The van der Waals surface area contributed by atoms with Crippen molar-refractivity contribution in [2.24, 2.45) is 9.98 Å². The van der Waals surface area contributed by atoms with E-state index >= 15 is 0 Å². The standard InChI is InChI=1S/C26H30N4O4S2/c1-26-16-36-23(30-26)20-11-10-18(28-20)15-27-22(31)14-19(9-5-6-12-35)34-24(32)21(29-25(26)33)13-17-7-3-2-4-8-17/h2-5,7-9,11,19,21,35H,6,10,12-16H2,1H3,(H,27,31)(H,29,33)/b9-5+/t19-,21+,26+/m1/s1. The number of thiol groups is 1. The summed E-state index contributed by atoms with van der Waals surface area (Å²) in [6.45, 7) is 2.06. The highest BCUT2D eigenvalue weighted by Gasteiger charge is 2.41. The van der Waals surface area contributed by atoms with E-state index in [0.717, 1.165) is 17.0 Å². The number of esters is 1. The van der Waals surface area contributed by atoms with Crippen LogP contribution < -0.4 is 10.6 Å². The number of rotatable bonds is 5. The molecular weight excluding hydrogens is 496 g/mol. The highest BCUT2D eigenvalue weighted by Crippen LogP contribution is 2.33. The molecule has 3 heterocycles. The fourth-order valence-electron chi connectivity index (χ4n) is 3.98. The van der Waals surface area contributed by atoms with Crippen LogP contribution >= 0.6 is 24.4 Å². The number of hydrogen-bond acceptors (Lipinski definition) is 8. The molecule has 1 aromatic rings. The van der Waals surface area contributed by atoms with Gasteiger partial charge < -0.3 is 15.4 Å². The molecule has 0 spiro atoms. The predicted molar refractivity (Wildman–Crippen MR) is 146 cm³/mol. The largest absolute Gasteiger partial charge is 0.456 e. The molecule has 2 amide bonds. The van der Waals surface area contributed by atoms with Gasteiger partial charge in [0, 0.05) is 24.3 Å². The molecule has 4 bridgehead atoms. The molecule has 0 unspecified atom stereocenters. The van der Waals surface area contributed by atoms with Gasteiger partial charge in [-0.3, -0.25) is 19.6 Å². The molecule has 0 fully saturated rings. The number of benzene rings is 1. The van der Waals surface area contributed by atoms with E-state index in [1.165, 1.54) is 11.8 Å². The average molecular weight is 527 g/mol. The average Bonchev–Trinajstić information content (AvgIpc) is 3.50. The molecule has 0 saturated carbocycles. The van der Waals surface area contributed by atoms with E-state index in [4.69, 9.17) is 9.73 Å². The lowest BCUT2D eigenvalue weighted by molar-refractivity contribution is -0.152. The van der Waals surface area contributed by atoms with Crippen LogP contribution in [-0.2, 0) is 25.5 Å². The lowest BCUT2D eigenvalue weighted by Gasteiger charge is -2.25. The Kier molecular flexibility index (Phi) is 8.68. The maximum atomic E-state index is 13.4. The maximum absolute atomic E-state index is 13.4. The second-order valence-corrected chi connectivity index (χ2v) is 10.5. The number of thioether (sulfide) groups is 1. The molecule has 0 radical (unpaired) electrons. The SMILES string of the molecule is C[C@@]12CSC(=N1)C1=CCC(=N1)CNC(=O)C[C@@H](/C=C/CCS)OC(=O)[C@H](Cc1ccccc1)NC2=O. The number of carbonyl (C=O) groups excluding carboxylic acids is 3. The van der Waals surface area contributed by atoms with Crippen molar-refractivity contribution in [3.05, 3.63) is 59.8 Å². The molecule has 1 aromatic carbocycles. The van der Waals surface area contributed by atoms with Crippen molar-refractivity contribution in [2.75, 3.05) is 18.1 Å². The summed E-state index contributed by atoms with van der Waals surface area (Å²) in [7, 11) is 0. The fraction of sp³-hybridized carbons (Fsp3) is 0.423. The van der Waals surface area contributed by atoms with Gasteiger partial charge in [0.2, 0.25) is 11.8 Å². The second-order valence-electron chi connectivity index (χ2n) is 9.06. The monoisotopic (exact) mass is 526 g/mol. The van der Waals surface area contributed by atoms with Crippen molar-refractivity contribution in [3.63, 3.8) is 0 Å². The van der Waals surface area contributed by atoms with Crippen molar-refractivity contribution in [1.82, 2.24) is 10.6 Å². The van der Waals surface area contributed by atoms with Gasteiger partial charge >= 0.3 is 5.97 Å². The van der Waals surface area contributed by atoms with Crippen LogP contribution in [0.2, 0.25) is 0 Å². The summed E-state index contributed by atoms with van der Waals surface area (Å²) in [4.78, 5) is 48.7. The van der Waals surface area contributed by atoms with Crippen LogP contribution in [0.5, 0.6) is 0 Å². The maximum Gasteiger partial charge on any atom is 0.329 e. The Balaban J connectivity index is 1.64. The molecule has 2 N–H and O–H groups in total. The summed E-state index contributed by atoms with van der Waals surface area (Å²) in [5, 5.41) is 6.45. The third-order valence-electron chi connectivity index (χ3n) is 6.02. The number of aliphatic imine (C=N–C) groups is 2. The van der Waals surface area contributed by atoms with Gasteiger partial charge in [0.05, 0.1) is 18.7 Å². The number of nitrogens with zero attached hydrogens (tertiary/aromatic N) is 2. The quantitative estimate of drug-likeness (QED) is 0.311. The smallest absolute Gasteiger partial charge is 0.329 e. The number of nitrogens with one attached hydrogen (secondary N) is 2. The first-order valence-corrected chi connectivity index (χ1v) is 13.6. The normalized spacial score (nSPS) is 27.2. The van der Waals surface area contributed by atoms with Crippen LogP contribution in [0.15, 0.2) is 64.2 Å². The summed E-state index contributed by atoms with van der Waals surface area (Å²) >= 11 is 5.67. The van der Waals surface area contributed by atoms with Crippen LogP contribution in [0.25, 0.3) is 0 Å². The number of ether oxygens (including phenoxy) is 1. The van der Waals surface area contributed by atoms with Crippen LogP contribution in [0.4, 0.5) is 0 Å². The summed E-state index contributed by atoms with van der Waals surface area (Å²) in [5.74, 6) is -0.133. The van der Waals surface area contributed by atoms with Crippen molar-refractivity contribution in [1.29, 1.82) is 0 Å². The predicted octanol–water partition coefficient (Wildman–Crippen LogP) is 2.65. The lowest BCUT2D eigenvalue weighted by Crippen LogP contribution is -2.52. The van der Waals surface area contributed by atoms with Crippen molar-refractivity contribution < 1.29 is 19.1 Å². The minimum atomic E-state index is -1.04. The van der Waals surface area contributed by atoms with Crippen LogP contribution in [0.3, 0.4) is 0 Å².